The Morgan fingerprint density at radius 1 is 1.10 bits per heavy atom. The van der Waals surface area contributed by atoms with Gasteiger partial charge in [-0.3, -0.25) is 4.79 Å². The van der Waals surface area contributed by atoms with Crippen molar-refractivity contribution in [2.75, 3.05) is 40.4 Å². The molecule has 0 fully saturated rings. The molecule has 5 heteroatoms. The highest BCUT2D eigenvalue weighted by atomic mass is 16.5. The summed E-state index contributed by atoms with van der Waals surface area (Å²) in [5.74, 6) is 1.14. The van der Waals surface area contributed by atoms with Crippen LogP contribution in [0.2, 0.25) is 0 Å². The van der Waals surface area contributed by atoms with Crippen LogP contribution in [0.25, 0.3) is 0 Å². The second kappa shape index (κ2) is 9.23. The number of carbonyl (C=O) groups is 1. The van der Waals surface area contributed by atoms with Crippen molar-refractivity contribution in [1.82, 2.24) is 5.32 Å². The molecule has 5 nitrogen and oxygen atoms in total. The minimum atomic E-state index is -0.0956. The number of nitrogens with one attached hydrogen (secondary N) is 2. The quantitative estimate of drug-likeness (QED) is 0.661. The van der Waals surface area contributed by atoms with Crippen molar-refractivity contribution in [2.24, 2.45) is 0 Å². The molecule has 1 aromatic carbocycles. The van der Waals surface area contributed by atoms with Crippen LogP contribution in [0.1, 0.15) is 30.6 Å². The predicted molar refractivity (Wildman–Crippen MR) is 83.4 cm³/mol. The third-order valence-electron chi connectivity index (χ3n) is 3.61. The Balaban J connectivity index is 2.52. The number of rotatable bonds is 9. The normalized spacial score (nSPS) is 10.5. The summed E-state index contributed by atoms with van der Waals surface area (Å²) in [4.78, 5) is 13.7. The molecule has 0 heterocycles. The summed E-state index contributed by atoms with van der Waals surface area (Å²) in [6.07, 6.45) is 0.976. The minimum absolute atomic E-state index is 0.0956. The molecule has 1 rings (SSSR count). The molecule has 0 bridgehead atoms. The number of ether oxygens (including phenoxy) is 2. The third kappa shape index (κ3) is 5.63. The molecule has 0 aliphatic rings. The monoisotopic (exact) mass is 295 g/mol. The van der Waals surface area contributed by atoms with E-state index in [4.69, 9.17) is 9.47 Å². The van der Waals surface area contributed by atoms with Crippen molar-refractivity contribution in [1.29, 1.82) is 0 Å². The molecule has 1 amide bonds. The number of methoxy groups -OCH3 is 2. The number of hydrogen-bond donors (Lipinski definition) is 2. The van der Waals surface area contributed by atoms with E-state index in [2.05, 4.69) is 19.2 Å². The average molecular weight is 295 g/mol. The number of benzene rings is 1. The van der Waals surface area contributed by atoms with E-state index in [1.165, 1.54) is 0 Å². The number of quaternary nitrogens is 1. The van der Waals surface area contributed by atoms with E-state index >= 15 is 0 Å². The van der Waals surface area contributed by atoms with E-state index in [1.54, 1.807) is 37.3 Å². The van der Waals surface area contributed by atoms with Gasteiger partial charge in [-0.15, -0.1) is 0 Å². The molecule has 0 aliphatic heterocycles. The molecule has 21 heavy (non-hydrogen) atoms. The van der Waals surface area contributed by atoms with Crippen molar-refractivity contribution in [3.8, 4) is 11.5 Å². The van der Waals surface area contributed by atoms with Gasteiger partial charge in [0.25, 0.3) is 5.91 Å². The molecule has 0 aromatic heterocycles. The van der Waals surface area contributed by atoms with Crippen LogP contribution in [-0.2, 0) is 0 Å². The molecule has 0 saturated carbocycles. The lowest BCUT2D eigenvalue weighted by atomic mass is 10.2. The lowest BCUT2D eigenvalue weighted by Gasteiger charge is -2.15. The zero-order valence-corrected chi connectivity index (χ0v) is 13.5. The second-order valence-electron chi connectivity index (χ2n) is 4.92. The highest BCUT2D eigenvalue weighted by Gasteiger charge is 2.10. The van der Waals surface area contributed by atoms with Gasteiger partial charge in [0.2, 0.25) is 0 Å². The van der Waals surface area contributed by atoms with Gasteiger partial charge in [0.05, 0.1) is 33.9 Å². The van der Waals surface area contributed by atoms with Crippen molar-refractivity contribution in [3.63, 3.8) is 0 Å². The molecule has 2 N–H and O–H groups in total. The average Bonchev–Trinajstić information content (AvgIpc) is 2.54. The zero-order chi connectivity index (χ0) is 15.7. The molecular weight excluding hydrogens is 268 g/mol. The Kier molecular flexibility index (Phi) is 7.61. The van der Waals surface area contributed by atoms with Gasteiger partial charge in [-0.05, 0) is 26.0 Å². The van der Waals surface area contributed by atoms with Gasteiger partial charge in [-0.25, -0.2) is 0 Å². The van der Waals surface area contributed by atoms with Gasteiger partial charge >= 0.3 is 0 Å². The maximum absolute atomic E-state index is 12.1. The smallest absolute Gasteiger partial charge is 0.251 e. The molecular formula is C16H27N2O3+. The highest BCUT2D eigenvalue weighted by Crippen LogP contribution is 2.22. The predicted octanol–water partition coefficient (Wildman–Crippen LogP) is 0.748. The second-order valence-corrected chi connectivity index (χ2v) is 4.92. The first-order chi connectivity index (χ1) is 10.1. The molecule has 1 aromatic rings. The summed E-state index contributed by atoms with van der Waals surface area (Å²) < 4.78 is 10.3. The SMILES string of the molecule is CC[NH+](CC)CCCNC(=O)c1cc(OC)cc(OC)c1. The summed E-state index contributed by atoms with van der Waals surface area (Å²) in [5.41, 5.74) is 0.557. The van der Waals surface area contributed by atoms with Gasteiger partial charge in [0.1, 0.15) is 11.5 Å². The van der Waals surface area contributed by atoms with Gasteiger partial charge in [0.15, 0.2) is 0 Å². The maximum atomic E-state index is 12.1. The largest absolute Gasteiger partial charge is 0.497 e. The number of carbonyl (C=O) groups excluding carboxylic acids is 1. The molecule has 0 atom stereocenters. The summed E-state index contributed by atoms with van der Waals surface area (Å²) in [6.45, 7) is 8.37. The Morgan fingerprint density at radius 2 is 1.67 bits per heavy atom. The van der Waals surface area contributed by atoms with E-state index in [0.29, 0.717) is 23.6 Å². The van der Waals surface area contributed by atoms with E-state index in [-0.39, 0.29) is 5.91 Å². The zero-order valence-electron chi connectivity index (χ0n) is 13.5. The first-order valence-corrected chi connectivity index (χ1v) is 7.49. The van der Waals surface area contributed by atoms with Crippen LogP contribution in [0.5, 0.6) is 11.5 Å². The van der Waals surface area contributed by atoms with Crippen molar-refractivity contribution >= 4 is 5.91 Å². The molecule has 118 valence electrons. The van der Waals surface area contributed by atoms with E-state index in [1.807, 2.05) is 0 Å². The maximum Gasteiger partial charge on any atom is 0.251 e. The lowest BCUT2D eigenvalue weighted by molar-refractivity contribution is -0.896. The van der Waals surface area contributed by atoms with Gasteiger partial charge in [0, 0.05) is 24.6 Å². The van der Waals surface area contributed by atoms with Crippen LogP contribution in [-0.4, -0.2) is 46.3 Å². The standard InChI is InChI=1S/C16H26N2O3/c1-5-18(6-2)9-7-8-17-16(19)13-10-14(20-3)12-15(11-13)21-4/h10-12H,5-9H2,1-4H3,(H,17,19)/p+1. The summed E-state index contributed by atoms with van der Waals surface area (Å²) in [5, 5.41) is 2.94. The lowest BCUT2D eigenvalue weighted by Crippen LogP contribution is -3.11. The first kappa shape index (κ1) is 17.3. The fourth-order valence-electron chi connectivity index (χ4n) is 2.18. The molecule has 0 unspecified atom stereocenters. The molecule has 0 radical (unpaired) electrons. The number of hydrogen-bond acceptors (Lipinski definition) is 3. The molecule has 0 spiro atoms. The van der Waals surface area contributed by atoms with Crippen LogP contribution >= 0.6 is 0 Å². The fourth-order valence-corrected chi connectivity index (χ4v) is 2.18. The number of amides is 1. The fraction of sp³-hybridized carbons (Fsp3) is 0.562. The van der Waals surface area contributed by atoms with Crippen LogP contribution in [0, 0.1) is 0 Å². The van der Waals surface area contributed by atoms with Crippen LogP contribution < -0.4 is 19.7 Å². The Labute approximate surface area is 127 Å². The highest BCUT2D eigenvalue weighted by molar-refractivity contribution is 5.95. The van der Waals surface area contributed by atoms with Crippen LogP contribution in [0.3, 0.4) is 0 Å². The topological polar surface area (TPSA) is 52.0 Å². The van der Waals surface area contributed by atoms with E-state index in [0.717, 1.165) is 26.1 Å². The molecule has 0 saturated heterocycles. The first-order valence-electron chi connectivity index (χ1n) is 7.49. The summed E-state index contributed by atoms with van der Waals surface area (Å²) in [6, 6.07) is 5.18. The third-order valence-corrected chi connectivity index (χ3v) is 3.61. The Morgan fingerprint density at radius 3 is 2.14 bits per heavy atom. The Bertz CT molecular complexity index is 423. The van der Waals surface area contributed by atoms with Crippen LogP contribution in [0.15, 0.2) is 18.2 Å². The minimum Gasteiger partial charge on any atom is -0.497 e. The van der Waals surface area contributed by atoms with E-state index in [9.17, 15) is 4.79 Å². The van der Waals surface area contributed by atoms with E-state index < -0.39 is 0 Å². The summed E-state index contributed by atoms with van der Waals surface area (Å²) in [7, 11) is 3.15. The van der Waals surface area contributed by atoms with Crippen molar-refractivity contribution in [3.05, 3.63) is 23.8 Å². The molecule has 0 aliphatic carbocycles. The van der Waals surface area contributed by atoms with Crippen LogP contribution in [0.4, 0.5) is 0 Å². The van der Waals surface area contributed by atoms with Crippen molar-refractivity contribution in [2.45, 2.75) is 20.3 Å². The van der Waals surface area contributed by atoms with Gasteiger partial charge < -0.3 is 19.7 Å². The summed E-state index contributed by atoms with van der Waals surface area (Å²) >= 11 is 0. The van der Waals surface area contributed by atoms with Gasteiger partial charge in [-0.2, -0.15) is 0 Å². The van der Waals surface area contributed by atoms with Gasteiger partial charge in [-0.1, -0.05) is 0 Å². The Hall–Kier alpha value is -1.75. The van der Waals surface area contributed by atoms with Crippen molar-refractivity contribution < 1.29 is 19.2 Å².